The van der Waals surface area contributed by atoms with E-state index in [9.17, 15) is 9.59 Å². The van der Waals surface area contributed by atoms with Crippen molar-refractivity contribution in [3.05, 3.63) is 40.4 Å². The van der Waals surface area contributed by atoms with Crippen LogP contribution in [0.2, 0.25) is 5.02 Å². The van der Waals surface area contributed by atoms with Gasteiger partial charge in [-0.2, -0.15) is 0 Å². The van der Waals surface area contributed by atoms with Gasteiger partial charge >= 0.3 is 6.09 Å². The first-order valence-electron chi connectivity index (χ1n) is 8.92. The number of thiazole rings is 1. The molecule has 1 heterocycles. The highest BCUT2D eigenvalue weighted by molar-refractivity contribution is 7.13. The molecule has 0 aliphatic heterocycles. The molecule has 6 nitrogen and oxygen atoms in total. The lowest BCUT2D eigenvalue weighted by molar-refractivity contribution is -0.122. The minimum Gasteiger partial charge on any atom is -0.444 e. The lowest BCUT2D eigenvalue weighted by Gasteiger charge is -2.27. The molecule has 0 bridgehead atoms. The molecule has 0 radical (unpaired) electrons. The van der Waals surface area contributed by atoms with E-state index in [0.29, 0.717) is 10.7 Å². The number of aromatic nitrogens is 1. The van der Waals surface area contributed by atoms with Crippen LogP contribution in [0.4, 0.5) is 4.79 Å². The number of carbonyl (C=O) groups excluding carboxylic acids is 2. The number of nitrogens with zero attached hydrogens (tertiary/aromatic N) is 1. The molecule has 0 aliphatic rings. The number of amides is 2. The van der Waals surface area contributed by atoms with Gasteiger partial charge in [0.15, 0.2) is 0 Å². The van der Waals surface area contributed by atoms with Gasteiger partial charge in [0.05, 0.1) is 22.7 Å². The molecular weight excluding hydrogens is 398 g/mol. The van der Waals surface area contributed by atoms with Crippen LogP contribution in [0.5, 0.6) is 0 Å². The minimum atomic E-state index is -0.629. The van der Waals surface area contributed by atoms with Crippen LogP contribution in [-0.2, 0) is 16.0 Å². The summed E-state index contributed by atoms with van der Waals surface area (Å²) in [5.74, 6) is -0.174. The van der Waals surface area contributed by atoms with Crippen LogP contribution >= 0.6 is 22.9 Å². The Morgan fingerprint density at radius 3 is 2.50 bits per heavy atom. The van der Waals surface area contributed by atoms with Crippen molar-refractivity contribution < 1.29 is 14.3 Å². The Hall–Kier alpha value is -2.12. The fourth-order valence-corrected chi connectivity index (χ4v) is 3.52. The third kappa shape index (κ3) is 7.13. The lowest BCUT2D eigenvalue weighted by atomic mass is 10.1. The maximum atomic E-state index is 12.4. The molecule has 152 valence electrons. The molecule has 2 N–H and O–H groups in total. The Morgan fingerprint density at radius 1 is 1.18 bits per heavy atom. The number of halogens is 1. The first-order valence-corrected chi connectivity index (χ1v) is 10.2. The van der Waals surface area contributed by atoms with E-state index >= 15 is 0 Å². The number of ether oxygens (including phenoxy) is 1. The molecule has 0 fully saturated rings. The van der Waals surface area contributed by atoms with Crippen molar-refractivity contribution in [1.29, 1.82) is 0 Å². The van der Waals surface area contributed by atoms with E-state index < -0.39 is 17.2 Å². The Morgan fingerprint density at radius 2 is 1.86 bits per heavy atom. The van der Waals surface area contributed by atoms with Gasteiger partial charge in [0, 0.05) is 17.5 Å². The Kier molecular flexibility index (Phi) is 7.06. The molecule has 0 atom stereocenters. The number of benzene rings is 1. The number of hydrogen-bond donors (Lipinski definition) is 2. The lowest BCUT2D eigenvalue weighted by Crippen LogP contribution is -2.52. The molecule has 0 unspecified atom stereocenters. The molecule has 2 rings (SSSR count). The van der Waals surface area contributed by atoms with E-state index in [2.05, 4.69) is 15.6 Å². The van der Waals surface area contributed by atoms with Crippen LogP contribution in [0.25, 0.3) is 10.6 Å². The zero-order chi connectivity index (χ0) is 20.9. The second kappa shape index (κ2) is 8.92. The van der Waals surface area contributed by atoms with Crippen molar-refractivity contribution >= 4 is 34.9 Å². The van der Waals surface area contributed by atoms with Gasteiger partial charge < -0.3 is 15.4 Å². The van der Waals surface area contributed by atoms with E-state index in [-0.39, 0.29) is 18.9 Å². The normalized spacial score (nSPS) is 11.8. The van der Waals surface area contributed by atoms with E-state index in [4.69, 9.17) is 16.3 Å². The monoisotopic (exact) mass is 423 g/mol. The molecule has 8 heteroatoms. The zero-order valence-electron chi connectivity index (χ0n) is 16.8. The van der Waals surface area contributed by atoms with E-state index in [1.165, 1.54) is 11.3 Å². The Balaban J connectivity index is 1.89. The molecule has 1 aromatic heterocycles. The summed E-state index contributed by atoms with van der Waals surface area (Å²) in [5.41, 5.74) is 0.327. The predicted molar refractivity (Wildman–Crippen MR) is 113 cm³/mol. The topological polar surface area (TPSA) is 80.3 Å². The highest BCUT2D eigenvalue weighted by Gasteiger charge is 2.24. The number of alkyl carbamates (subject to hydrolysis) is 1. The summed E-state index contributed by atoms with van der Waals surface area (Å²) in [6.45, 7) is 9.30. The van der Waals surface area contributed by atoms with Gasteiger partial charge in [0.2, 0.25) is 5.91 Å². The molecule has 0 aliphatic carbocycles. The van der Waals surface area contributed by atoms with Gasteiger partial charge in [0.1, 0.15) is 10.6 Å². The summed E-state index contributed by atoms with van der Waals surface area (Å²) >= 11 is 7.65. The summed E-state index contributed by atoms with van der Waals surface area (Å²) in [6, 6.07) is 7.47. The van der Waals surface area contributed by atoms with E-state index in [0.717, 1.165) is 10.6 Å². The zero-order valence-corrected chi connectivity index (χ0v) is 18.3. The van der Waals surface area contributed by atoms with Crippen LogP contribution in [0.3, 0.4) is 0 Å². The average molecular weight is 424 g/mol. The van der Waals surface area contributed by atoms with Gasteiger partial charge in [-0.25, -0.2) is 9.78 Å². The average Bonchev–Trinajstić information content (AvgIpc) is 2.99. The SMILES string of the molecule is CC(C)(CNC(=O)OC(C)(C)C)NC(=O)Cc1csc(-c2ccccc2Cl)n1. The molecule has 2 amide bonds. The van der Waals surface area contributed by atoms with Crippen molar-refractivity contribution in [3.8, 4) is 10.6 Å². The van der Waals surface area contributed by atoms with Crippen molar-refractivity contribution in [3.63, 3.8) is 0 Å². The van der Waals surface area contributed by atoms with Gasteiger partial charge in [0.25, 0.3) is 0 Å². The molecule has 28 heavy (non-hydrogen) atoms. The smallest absolute Gasteiger partial charge is 0.407 e. The third-order valence-electron chi connectivity index (χ3n) is 3.55. The summed E-state index contributed by atoms with van der Waals surface area (Å²) < 4.78 is 5.21. The Bertz CT molecular complexity index is 843. The largest absolute Gasteiger partial charge is 0.444 e. The molecule has 0 saturated carbocycles. The van der Waals surface area contributed by atoms with Crippen LogP contribution < -0.4 is 10.6 Å². The quantitative estimate of drug-likeness (QED) is 0.720. The molecule has 0 saturated heterocycles. The molecular formula is C20H26ClN3O3S. The predicted octanol–water partition coefficient (Wildman–Crippen LogP) is 4.43. The third-order valence-corrected chi connectivity index (χ3v) is 4.80. The van der Waals surface area contributed by atoms with Crippen molar-refractivity contribution in [1.82, 2.24) is 15.6 Å². The van der Waals surface area contributed by atoms with Gasteiger partial charge in [-0.1, -0.05) is 29.8 Å². The molecule has 1 aromatic carbocycles. The highest BCUT2D eigenvalue weighted by Crippen LogP contribution is 2.30. The number of hydrogen-bond acceptors (Lipinski definition) is 5. The van der Waals surface area contributed by atoms with E-state index in [1.807, 2.05) is 43.5 Å². The summed E-state index contributed by atoms with van der Waals surface area (Å²) in [6.07, 6.45) is -0.365. The first-order chi connectivity index (χ1) is 13.0. The highest BCUT2D eigenvalue weighted by atomic mass is 35.5. The van der Waals surface area contributed by atoms with Crippen LogP contribution in [0.15, 0.2) is 29.6 Å². The fourth-order valence-electron chi connectivity index (χ4n) is 2.38. The van der Waals surface area contributed by atoms with Gasteiger partial charge in [-0.15, -0.1) is 11.3 Å². The summed E-state index contributed by atoms with van der Waals surface area (Å²) in [4.78, 5) is 28.7. The van der Waals surface area contributed by atoms with Crippen LogP contribution in [0.1, 0.15) is 40.3 Å². The fraction of sp³-hybridized carbons (Fsp3) is 0.450. The van der Waals surface area contributed by atoms with Crippen molar-refractivity contribution in [2.24, 2.45) is 0 Å². The van der Waals surface area contributed by atoms with E-state index in [1.54, 1.807) is 20.8 Å². The minimum absolute atomic E-state index is 0.150. The standard InChI is InChI=1S/C20H26ClN3O3S/c1-19(2,3)27-18(26)22-12-20(4,5)24-16(25)10-13-11-28-17(23-13)14-8-6-7-9-15(14)21/h6-9,11H,10,12H2,1-5H3,(H,22,26)(H,24,25). The van der Waals surface area contributed by atoms with Crippen LogP contribution in [-0.4, -0.2) is 34.7 Å². The molecule has 2 aromatic rings. The second-order valence-corrected chi connectivity index (χ2v) is 9.35. The van der Waals surface area contributed by atoms with Crippen molar-refractivity contribution in [2.75, 3.05) is 6.54 Å². The molecule has 0 spiro atoms. The maximum absolute atomic E-state index is 12.4. The number of nitrogens with one attached hydrogen (secondary N) is 2. The van der Waals surface area contributed by atoms with Crippen molar-refractivity contribution in [2.45, 2.75) is 52.2 Å². The Labute approximate surface area is 174 Å². The van der Waals surface area contributed by atoms with Gasteiger partial charge in [-0.05, 0) is 40.7 Å². The summed E-state index contributed by atoms with van der Waals surface area (Å²) in [7, 11) is 0. The number of rotatable bonds is 6. The number of carbonyl (C=O) groups is 2. The van der Waals surface area contributed by atoms with Gasteiger partial charge in [-0.3, -0.25) is 4.79 Å². The second-order valence-electron chi connectivity index (χ2n) is 8.09. The first kappa shape index (κ1) is 22.2. The summed E-state index contributed by atoms with van der Waals surface area (Å²) in [5, 5.41) is 8.84. The maximum Gasteiger partial charge on any atom is 0.407 e. The van der Waals surface area contributed by atoms with Crippen LogP contribution in [0, 0.1) is 0 Å².